The first kappa shape index (κ1) is 14.0. The fourth-order valence-electron chi connectivity index (χ4n) is 3.01. The number of hydrogen-bond donors (Lipinski definition) is 1. The van der Waals surface area contributed by atoms with Gasteiger partial charge in [-0.3, -0.25) is 4.90 Å². The van der Waals surface area contributed by atoms with E-state index in [0.29, 0.717) is 11.8 Å². The van der Waals surface area contributed by atoms with Gasteiger partial charge in [0, 0.05) is 19.1 Å². The molecule has 0 aliphatic carbocycles. The average molecular weight is 283 g/mol. The van der Waals surface area contributed by atoms with E-state index in [9.17, 15) is 5.11 Å². The highest BCUT2D eigenvalue weighted by Gasteiger charge is 2.22. The van der Waals surface area contributed by atoms with Crippen LogP contribution < -0.4 is 4.74 Å². The fourth-order valence-corrected chi connectivity index (χ4v) is 3.01. The Morgan fingerprint density at radius 2 is 1.90 bits per heavy atom. The van der Waals surface area contributed by atoms with Crippen molar-refractivity contribution in [1.82, 2.24) is 4.90 Å². The van der Waals surface area contributed by atoms with Crippen LogP contribution >= 0.6 is 0 Å². The Kier molecular flexibility index (Phi) is 3.84. The highest BCUT2D eigenvalue weighted by atomic mass is 16.5. The molecule has 3 rings (SSSR count). The van der Waals surface area contributed by atoms with Crippen molar-refractivity contribution in [3.63, 3.8) is 0 Å². The van der Waals surface area contributed by atoms with E-state index in [-0.39, 0.29) is 5.75 Å². The van der Waals surface area contributed by atoms with Crippen LogP contribution in [0.15, 0.2) is 42.5 Å². The summed E-state index contributed by atoms with van der Waals surface area (Å²) in [5.41, 5.74) is 4.05. The van der Waals surface area contributed by atoms with Crippen molar-refractivity contribution < 1.29 is 9.84 Å². The summed E-state index contributed by atoms with van der Waals surface area (Å²) >= 11 is 0. The number of methoxy groups -OCH3 is 1. The molecule has 0 radical (unpaired) electrons. The molecule has 3 nitrogen and oxygen atoms in total. The molecule has 21 heavy (non-hydrogen) atoms. The van der Waals surface area contributed by atoms with E-state index in [1.54, 1.807) is 13.2 Å². The van der Waals surface area contributed by atoms with E-state index in [4.69, 9.17) is 4.74 Å². The summed E-state index contributed by atoms with van der Waals surface area (Å²) in [5, 5.41) is 9.72. The molecule has 2 aromatic rings. The first-order chi connectivity index (χ1) is 10.2. The maximum atomic E-state index is 9.72. The zero-order chi connectivity index (χ0) is 14.8. The predicted octanol–water partition coefficient (Wildman–Crippen LogP) is 3.52. The lowest BCUT2D eigenvalue weighted by molar-refractivity contribution is 0.192. The molecule has 0 bridgehead atoms. The van der Waals surface area contributed by atoms with Crippen molar-refractivity contribution in [3.05, 3.63) is 59.2 Å². The fraction of sp³-hybridized carbons (Fsp3) is 0.333. The molecule has 0 fully saturated rings. The molecular weight excluding hydrogens is 262 g/mol. The van der Waals surface area contributed by atoms with E-state index >= 15 is 0 Å². The Hall–Kier alpha value is -2.00. The van der Waals surface area contributed by atoms with Gasteiger partial charge in [0.2, 0.25) is 0 Å². The minimum atomic E-state index is 0.192. The van der Waals surface area contributed by atoms with Gasteiger partial charge in [-0.05, 0) is 42.2 Å². The van der Waals surface area contributed by atoms with E-state index in [1.165, 1.54) is 16.7 Å². The maximum Gasteiger partial charge on any atom is 0.160 e. The molecule has 1 unspecified atom stereocenters. The third-order valence-corrected chi connectivity index (χ3v) is 4.39. The summed E-state index contributed by atoms with van der Waals surface area (Å²) in [6.45, 7) is 4.24. The number of nitrogens with zero attached hydrogens (tertiary/aromatic N) is 1. The van der Waals surface area contributed by atoms with Crippen LogP contribution in [0.3, 0.4) is 0 Å². The maximum absolute atomic E-state index is 9.72. The Labute approximate surface area is 125 Å². The third kappa shape index (κ3) is 2.74. The highest BCUT2D eigenvalue weighted by molar-refractivity contribution is 5.42. The Morgan fingerprint density at radius 1 is 1.14 bits per heavy atom. The topological polar surface area (TPSA) is 32.7 Å². The second kappa shape index (κ2) is 5.78. The van der Waals surface area contributed by atoms with Crippen molar-refractivity contribution in [2.75, 3.05) is 13.7 Å². The van der Waals surface area contributed by atoms with Gasteiger partial charge < -0.3 is 9.84 Å². The first-order valence-corrected chi connectivity index (χ1v) is 7.37. The van der Waals surface area contributed by atoms with Crippen LogP contribution in [0.5, 0.6) is 11.5 Å². The van der Waals surface area contributed by atoms with E-state index in [0.717, 1.165) is 19.5 Å². The Bertz CT molecular complexity index is 639. The normalized spacial score (nSPS) is 16.3. The van der Waals surface area contributed by atoms with Gasteiger partial charge in [-0.25, -0.2) is 0 Å². The van der Waals surface area contributed by atoms with Crippen molar-refractivity contribution >= 4 is 0 Å². The second-order valence-corrected chi connectivity index (χ2v) is 5.60. The monoisotopic (exact) mass is 283 g/mol. The number of hydrogen-bond acceptors (Lipinski definition) is 3. The number of rotatable bonds is 3. The quantitative estimate of drug-likeness (QED) is 0.935. The van der Waals surface area contributed by atoms with E-state index in [2.05, 4.69) is 36.1 Å². The van der Waals surface area contributed by atoms with Gasteiger partial charge in [-0.1, -0.05) is 30.3 Å². The minimum Gasteiger partial charge on any atom is -0.504 e. The van der Waals surface area contributed by atoms with Crippen molar-refractivity contribution in [2.24, 2.45) is 0 Å². The number of ether oxygens (including phenoxy) is 1. The number of benzene rings is 2. The number of phenolic OH excluding ortho intramolecular Hbond substituents is 1. The largest absolute Gasteiger partial charge is 0.504 e. The standard InChI is InChI=1S/C18H21NO2/c1-13(15-7-8-17(20)18(11-15)21-2)19-10-9-14-5-3-4-6-16(14)12-19/h3-8,11,13,20H,9-10,12H2,1-2H3. The van der Waals surface area contributed by atoms with Crippen LogP contribution in [0, 0.1) is 0 Å². The zero-order valence-corrected chi connectivity index (χ0v) is 12.5. The molecule has 1 heterocycles. The minimum absolute atomic E-state index is 0.192. The van der Waals surface area contributed by atoms with Gasteiger partial charge >= 0.3 is 0 Å². The molecule has 0 saturated carbocycles. The molecule has 1 aliphatic heterocycles. The van der Waals surface area contributed by atoms with Crippen LogP contribution in [0.1, 0.15) is 29.7 Å². The summed E-state index contributed by atoms with van der Waals surface area (Å²) in [6.07, 6.45) is 1.09. The number of fused-ring (bicyclic) bond motifs is 1. The highest BCUT2D eigenvalue weighted by Crippen LogP contribution is 2.33. The van der Waals surface area contributed by atoms with Gasteiger partial charge in [0.25, 0.3) is 0 Å². The summed E-state index contributed by atoms with van der Waals surface area (Å²) < 4.78 is 5.21. The van der Waals surface area contributed by atoms with Gasteiger partial charge in [-0.15, -0.1) is 0 Å². The lowest BCUT2D eigenvalue weighted by Gasteiger charge is -2.34. The first-order valence-electron chi connectivity index (χ1n) is 7.37. The molecule has 3 heteroatoms. The van der Waals surface area contributed by atoms with Gasteiger partial charge in [-0.2, -0.15) is 0 Å². The summed E-state index contributed by atoms with van der Waals surface area (Å²) in [4.78, 5) is 2.47. The molecular formula is C18H21NO2. The third-order valence-electron chi connectivity index (χ3n) is 4.39. The average Bonchev–Trinajstić information content (AvgIpc) is 2.54. The summed E-state index contributed by atoms with van der Waals surface area (Å²) in [5.74, 6) is 0.731. The lowest BCUT2D eigenvalue weighted by atomic mass is 9.97. The second-order valence-electron chi connectivity index (χ2n) is 5.60. The lowest BCUT2D eigenvalue weighted by Crippen LogP contribution is -2.32. The van der Waals surface area contributed by atoms with Gasteiger partial charge in [0.1, 0.15) is 0 Å². The molecule has 0 saturated heterocycles. The molecule has 0 aromatic heterocycles. The molecule has 0 amide bonds. The van der Waals surface area contributed by atoms with E-state index in [1.807, 2.05) is 12.1 Å². The predicted molar refractivity (Wildman–Crippen MR) is 83.6 cm³/mol. The van der Waals surface area contributed by atoms with Crippen LogP contribution in [0.2, 0.25) is 0 Å². The number of aromatic hydroxyl groups is 1. The Balaban J connectivity index is 1.82. The smallest absolute Gasteiger partial charge is 0.160 e. The SMILES string of the molecule is COc1cc(C(C)N2CCc3ccccc3C2)ccc1O. The van der Waals surface area contributed by atoms with Crippen LogP contribution in [0.25, 0.3) is 0 Å². The Morgan fingerprint density at radius 3 is 2.67 bits per heavy atom. The van der Waals surface area contributed by atoms with Gasteiger partial charge in [0.05, 0.1) is 7.11 Å². The van der Waals surface area contributed by atoms with Crippen LogP contribution in [0.4, 0.5) is 0 Å². The molecule has 110 valence electrons. The molecule has 1 aliphatic rings. The molecule has 1 N–H and O–H groups in total. The van der Waals surface area contributed by atoms with Gasteiger partial charge in [0.15, 0.2) is 11.5 Å². The van der Waals surface area contributed by atoms with E-state index < -0.39 is 0 Å². The molecule has 0 spiro atoms. The van der Waals surface area contributed by atoms with Crippen molar-refractivity contribution in [1.29, 1.82) is 0 Å². The summed E-state index contributed by atoms with van der Waals surface area (Å²) in [7, 11) is 1.58. The molecule has 1 atom stereocenters. The van der Waals surface area contributed by atoms with Crippen molar-refractivity contribution in [3.8, 4) is 11.5 Å². The molecule has 2 aromatic carbocycles. The van der Waals surface area contributed by atoms with Crippen molar-refractivity contribution in [2.45, 2.75) is 25.9 Å². The van der Waals surface area contributed by atoms with Crippen LogP contribution in [-0.4, -0.2) is 23.7 Å². The summed E-state index contributed by atoms with van der Waals surface area (Å²) in [6, 6.07) is 14.6. The zero-order valence-electron chi connectivity index (χ0n) is 12.5. The van der Waals surface area contributed by atoms with Crippen LogP contribution in [-0.2, 0) is 13.0 Å². The number of phenols is 1.